The number of nitrogens with one attached hydrogen (secondary N) is 1. The Bertz CT molecular complexity index is 1090. The molecule has 0 spiro atoms. The molecule has 0 unspecified atom stereocenters. The van der Waals surface area contributed by atoms with Crippen LogP contribution in [0.5, 0.6) is 0 Å². The number of amides is 2. The van der Waals surface area contributed by atoms with Crippen LogP contribution in [0.3, 0.4) is 0 Å². The van der Waals surface area contributed by atoms with Gasteiger partial charge < -0.3 is 10.2 Å². The van der Waals surface area contributed by atoms with E-state index in [1.807, 2.05) is 74.5 Å². The first-order valence-electron chi connectivity index (χ1n) is 11.5. The van der Waals surface area contributed by atoms with E-state index in [0.717, 1.165) is 23.1 Å². The fourth-order valence-corrected chi connectivity index (χ4v) is 4.04. The minimum absolute atomic E-state index is 0.00478. The standard InChI is InChI=1S/C28H30Cl2N2O2/c1-3-20(2)31-28(34)26(17-21-8-5-4-6-9-21)32(19-23-10-7-11-25(30)16-23)27(33)18-22-12-14-24(29)15-13-22/h4-16,20,26H,3,17-19H2,1-2H3,(H,31,34)/t20-,26-/m0/s1. The van der Waals surface area contributed by atoms with Crippen LogP contribution in [0.25, 0.3) is 0 Å². The van der Waals surface area contributed by atoms with Crippen molar-refractivity contribution in [1.82, 2.24) is 10.2 Å². The third-order valence-electron chi connectivity index (χ3n) is 5.78. The Labute approximate surface area is 211 Å². The molecule has 0 saturated heterocycles. The maximum atomic E-state index is 13.7. The average molecular weight is 497 g/mol. The van der Waals surface area contributed by atoms with Crippen LogP contribution >= 0.6 is 23.2 Å². The number of carbonyl (C=O) groups excluding carboxylic acids is 2. The molecule has 0 fully saturated rings. The number of hydrogen-bond acceptors (Lipinski definition) is 2. The Balaban J connectivity index is 1.96. The van der Waals surface area contributed by atoms with Gasteiger partial charge in [-0.15, -0.1) is 0 Å². The summed E-state index contributed by atoms with van der Waals surface area (Å²) < 4.78 is 0. The summed E-state index contributed by atoms with van der Waals surface area (Å²) in [6.07, 6.45) is 1.38. The first-order valence-corrected chi connectivity index (χ1v) is 12.2. The number of nitrogens with zero attached hydrogens (tertiary/aromatic N) is 1. The lowest BCUT2D eigenvalue weighted by Gasteiger charge is -2.32. The van der Waals surface area contributed by atoms with Gasteiger partial charge in [0, 0.05) is 29.1 Å². The summed E-state index contributed by atoms with van der Waals surface area (Å²) in [6, 6.07) is 23.7. The molecule has 34 heavy (non-hydrogen) atoms. The fourth-order valence-electron chi connectivity index (χ4n) is 3.71. The average Bonchev–Trinajstić information content (AvgIpc) is 2.83. The van der Waals surface area contributed by atoms with Gasteiger partial charge in [0.1, 0.15) is 6.04 Å². The third-order valence-corrected chi connectivity index (χ3v) is 6.27. The Hall–Kier alpha value is -2.82. The highest BCUT2D eigenvalue weighted by Crippen LogP contribution is 2.19. The van der Waals surface area contributed by atoms with Gasteiger partial charge in [-0.1, -0.05) is 84.7 Å². The molecule has 0 aliphatic carbocycles. The van der Waals surface area contributed by atoms with Crippen LogP contribution in [0, 0.1) is 0 Å². The van der Waals surface area contributed by atoms with Gasteiger partial charge in [-0.25, -0.2) is 0 Å². The van der Waals surface area contributed by atoms with Crippen molar-refractivity contribution in [1.29, 1.82) is 0 Å². The van der Waals surface area contributed by atoms with Gasteiger partial charge in [-0.05, 0) is 54.3 Å². The predicted molar refractivity (Wildman–Crippen MR) is 139 cm³/mol. The number of hydrogen-bond donors (Lipinski definition) is 1. The summed E-state index contributed by atoms with van der Waals surface area (Å²) >= 11 is 12.2. The lowest BCUT2D eigenvalue weighted by Crippen LogP contribution is -2.52. The highest BCUT2D eigenvalue weighted by Gasteiger charge is 2.31. The molecule has 3 aromatic rings. The second-order valence-corrected chi connectivity index (χ2v) is 9.35. The van der Waals surface area contributed by atoms with Gasteiger partial charge in [-0.3, -0.25) is 9.59 Å². The quantitative estimate of drug-likeness (QED) is 0.369. The third kappa shape index (κ3) is 7.61. The second-order valence-electron chi connectivity index (χ2n) is 8.48. The van der Waals surface area contributed by atoms with Crippen LogP contribution < -0.4 is 5.32 Å². The molecule has 0 radical (unpaired) electrons. The molecule has 3 rings (SSSR count). The van der Waals surface area contributed by atoms with Crippen molar-refractivity contribution in [3.8, 4) is 0 Å². The molecule has 2 atom stereocenters. The predicted octanol–water partition coefficient (Wildman–Crippen LogP) is 6.09. The number of benzene rings is 3. The van der Waals surface area contributed by atoms with Crippen molar-refractivity contribution in [2.75, 3.05) is 0 Å². The van der Waals surface area contributed by atoms with Crippen LogP contribution in [0.4, 0.5) is 0 Å². The minimum atomic E-state index is -0.671. The van der Waals surface area contributed by atoms with E-state index in [0.29, 0.717) is 16.5 Å². The molecule has 6 heteroatoms. The van der Waals surface area contributed by atoms with Crippen LogP contribution in [-0.2, 0) is 29.0 Å². The Kier molecular flexibility index (Phi) is 9.55. The summed E-state index contributed by atoms with van der Waals surface area (Å²) in [5.74, 6) is -0.299. The van der Waals surface area contributed by atoms with E-state index in [9.17, 15) is 9.59 Å². The van der Waals surface area contributed by atoms with Crippen molar-refractivity contribution in [3.63, 3.8) is 0 Å². The molecule has 0 heterocycles. The molecule has 2 amide bonds. The largest absolute Gasteiger partial charge is 0.352 e. The number of carbonyl (C=O) groups is 2. The molecule has 3 aromatic carbocycles. The van der Waals surface area contributed by atoms with Gasteiger partial charge in [-0.2, -0.15) is 0 Å². The smallest absolute Gasteiger partial charge is 0.243 e. The van der Waals surface area contributed by atoms with Crippen LogP contribution in [-0.4, -0.2) is 28.8 Å². The van der Waals surface area contributed by atoms with Crippen molar-refractivity contribution in [3.05, 3.63) is 106 Å². The zero-order valence-corrected chi connectivity index (χ0v) is 21.0. The summed E-state index contributed by atoms with van der Waals surface area (Å²) in [6.45, 7) is 4.26. The van der Waals surface area contributed by atoms with Crippen LogP contribution in [0.1, 0.15) is 37.0 Å². The van der Waals surface area contributed by atoms with Gasteiger partial charge in [0.25, 0.3) is 0 Å². The van der Waals surface area contributed by atoms with Crippen LogP contribution in [0.15, 0.2) is 78.9 Å². The van der Waals surface area contributed by atoms with E-state index in [-0.39, 0.29) is 30.8 Å². The number of rotatable bonds is 10. The van der Waals surface area contributed by atoms with Gasteiger partial charge in [0.15, 0.2) is 0 Å². The molecule has 0 aliphatic heterocycles. The Morgan fingerprint density at radius 1 is 0.853 bits per heavy atom. The maximum Gasteiger partial charge on any atom is 0.243 e. The van der Waals surface area contributed by atoms with E-state index in [1.54, 1.807) is 23.1 Å². The van der Waals surface area contributed by atoms with Crippen molar-refractivity contribution >= 4 is 35.0 Å². The maximum absolute atomic E-state index is 13.7. The Morgan fingerprint density at radius 2 is 1.53 bits per heavy atom. The van der Waals surface area contributed by atoms with Gasteiger partial charge >= 0.3 is 0 Å². The van der Waals surface area contributed by atoms with Gasteiger partial charge in [0.2, 0.25) is 11.8 Å². The molecule has 4 nitrogen and oxygen atoms in total. The first-order chi connectivity index (χ1) is 16.4. The lowest BCUT2D eigenvalue weighted by atomic mass is 10.0. The van der Waals surface area contributed by atoms with Crippen molar-refractivity contribution in [2.45, 2.75) is 51.7 Å². The summed E-state index contributed by atoms with van der Waals surface area (Å²) in [4.78, 5) is 28.8. The highest BCUT2D eigenvalue weighted by molar-refractivity contribution is 6.30. The molecular formula is C28H30Cl2N2O2. The van der Waals surface area contributed by atoms with E-state index >= 15 is 0 Å². The zero-order chi connectivity index (χ0) is 24.5. The SMILES string of the molecule is CC[C@H](C)NC(=O)[C@H](Cc1ccccc1)N(Cc1cccc(Cl)c1)C(=O)Cc1ccc(Cl)cc1. The van der Waals surface area contributed by atoms with Crippen LogP contribution in [0.2, 0.25) is 10.0 Å². The van der Waals surface area contributed by atoms with E-state index in [2.05, 4.69) is 5.32 Å². The molecule has 0 saturated carbocycles. The topological polar surface area (TPSA) is 49.4 Å². The zero-order valence-electron chi connectivity index (χ0n) is 19.5. The summed E-state index contributed by atoms with van der Waals surface area (Å²) in [5, 5.41) is 4.28. The molecular weight excluding hydrogens is 467 g/mol. The summed E-state index contributed by atoms with van der Waals surface area (Å²) in [5.41, 5.74) is 2.69. The minimum Gasteiger partial charge on any atom is -0.352 e. The monoisotopic (exact) mass is 496 g/mol. The lowest BCUT2D eigenvalue weighted by molar-refractivity contribution is -0.141. The second kappa shape index (κ2) is 12.6. The Morgan fingerprint density at radius 3 is 2.18 bits per heavy atom. The number of halogens is 2. The van der Waals surface area contributed by atoms with E-state index in [4.69, 9.17) is 23.2 Å². The van der Waals surface area contributed by atoms with E-state index in [1.165, 1.54) is 0 Å². The normalized spacial score (nSPS) is 12.6. The molecule has 1 N–H and O–H groups in total. The fraction of sp³-hybridized carbons (Fsp3) is 0.286. The van der Waals surface area contributed by atoms with Crippen molar-refractivity contribution in [2.24, 2.45) is 0 Å². The van der Waals surface area contributed by atoms with Gasteiger partial charge in [0.05, 0.1) is 6.42 Å². The van der Waals surface area contributed by atoms with E-state index < -0.39 is 6.04 Å². The molecule has 178 valence electrons. The molecule has 0 bridgehead atoms. The first kappa shape index (κ1) is 25.8. The van der Waals surface area contributed by atoms with Crippen molar-refractivity contribution < 1.29 is 9.59 Å². The molecule has 0 aliphatic rings. The molecule has 0 aromatic heterocycles. The highest BCUT2D eigenvalue weighted by atomic mass is 35.5. The summed E-state index contributed by atoms with van der Waals surface area (Å²) in [7, 11) is 0.